The van der Waals surface area contributed by atoms with Crippen molar-refractivity contribution in [3.63, 3.8) is 0 Å². The number of amides is 1. The summed E-state index contributed by atoms with van der Waals surface area (Å²) in [5, 5.41) is 9.45. The topological polar surface area (TPSA) is 74.8 Å². The van der Waals surface area contributed by atoms with Gasteiger partial charge in [-0.1, -0.05) is 32.0 Å². The molecule has 1 aromatic rings. The molecule has 0 saturated heterocycles. The lowest BCUT2D eigenvalue weighted by Crippen LogP contribution is -2.41. The number of fused-ring (bicyclic) bond motifs is 1. The maximum Gasteiger partial charge on any atom is 0.225 e. The largest absolute Gasteiger partial charge is 0.379 e. The molecule has 24 heavy (non-hydrogen) atoms. The number of anilines is 1. The van der Waals surface area contributed by atoms with Crippen molar-refractivity contribution >= 4 is 17.6 Å². The zero-order chi connectivity index (χ0) is 17.4. The summed E-state index contributed by atoms with van der Waals surface area (Å²) in [6.45, 7) is 7.04. The molecule has 0 aliphatic carbocycles. The van der Waals surface area contributed by atoms with Crippen molar-refractivity contribution in [3.8, 4) is 0 Å². The number of carbonyl (C=O) groups excluding carboxylic acids is 1. The van der Waals surface area contributed by atoms with E-state index < -0.39 is 0 Å². The predicted molar refractivity (Wildman–Crippen MR) is 97.5 cm³/mol. The monoisotopic (exact) mass is 332 g/mol. The second-order valence-electron chi connectivity index (χ2n) is 6.39. The minimum Gasteiger partial charge on any atom is -0.379 e. The van der Waals surface area contributed by atoms with Crippen LogP contribution in [0.15, 0.2) is 29.3 Å². The van der Waals surface area contributed by atoms with Gasteiger partial charge in [-0.05, 0) is 17.5 Å². The smallest absolute Gasteiger partial charge is 0.225 e. The van der Waals surface area contributed by atoms with E-state index in [0.717, 1.165) is 18.3 Å². The van der Waals surface area contributed by atoms with Crippen molar-refractivity contribution < 1.29 is 9.53 Å². The van der Waals surface area contributed by atoms with E-state index in [4.69, 9.17) is 4.74 Å². The number of ether oxygens (including phenoxy) is 1. The van der Waals surface area contributed by atoms with Crippen LogP contribution < -0.4 is 16.0 Å². The lowest BCUT2D eigenvalue weighted by atomic mass is 9.90. The van der Waals surface area contributed by atoms with Crippen LogP contribution in [0.25, 0.3) is 0 Å². The maximum absolute atomic E-state index is 11.8. The van der Waals surface area contributed by atoms with Crippen molar-refractivity contribution in [2.24, 2.45) is 10.9 Å². The van der Waals surface area contributed by atoms with Gasteiger partial charge in [0.2, 0.25) is 5.91 Å². The summed E-state index contributed by atoms with van der Waals surface area (Å²) in [5.74, 6) is 1.47. The number of nitrogens with one attached hydrogen (secondary N) is 3. The molecule has 3 N–H and O–H groups in total. The number of aliphatic imine (C=N–C) groups is 1. The van der Waals surface area contributed by atoms with Gasteiger partial charge in [0.1, 0.15) is 0 Å². The van der Waals surface area contributed by atoms with E-state index in [9.17, 15) is 4.79 Å². The van der Waals surface area contributed by atoms with E-state index >= 15 is 0 Å². The molecule has 1 aliphatic heterocycles. The fourth-order valence-corrected chi connectivity index (χ4v) is 2.69. The highest BCUT2D eigenvalue weighted by Gasteiger charge is 2.24. The molecule has 6 nitrogen and oxygen atoms in total. The van der Waals surface area contributed by atoms with Gasteiger partial charge in [-0.15, -0.1) is 0 Å². The third-order valence-electron chi connectivity index (χ3n) is 3.84. The normalized spacial score (nSPS) is 17.4. The zero-order valence-electron chi connectivity index (χ0n) is 14.8. The molecule has 1 amide bonds. The van der Waals surface area contributed by atoms with Gasteiger partial charge in [-0.25, -0.2) is 0 Å². The number of rotatable bonds is 7. The van der Waals surface area contributed by atoms with Crippen molar-refractivity contribution in [3.05, 3.63) is 29.8 Å². The molecule has 2 rings (SSSR count). The Kier molecular flexibility index (Phi) is 7.06. The van der Waals surface area contributed by atoms with E-state index in [1.165, 1.54) is 5.56 Å². The molecule has 0 aromatic heterocycles. The standard InChI is InChI=1S/C18H28N4O2/c1-13(2)12-24-9-8-20-18(19-3)21-11-14-10-17(23)22-16-7-5-4-6-15(14)16/h4-7,13-14H,8-12H2,1-3H3,(H,22,23)(H2,19,20,21). The molecule has 0 spiro atoms. The number of benzene rings is 1. The molecule has 1 heterocycles. The Balaban J connectivity index is 1.80. The third kappa shape index (κ3) is 5.53. The summed E-state index contributed by atoms with van der Waals surface area (Å²) >= 11 is 0. The van der Waals surface area contributed by atoms with Crippen LogP contribution in [0, 0.1) is 5.92 Å². The van der Waals surface area contributed by atoms with Gasteiger partial charge in [0.25, 0.3) is 0 Å². The summed E-state index contributed by atoms with van der Waals surface area (Å²) in [6.07, 6.45) is 0.485. The van der Waals surface area contributed by atoms with Crippen LogP contribution in [0.2, 0.25) is 0 Å². The van der Waals surface area contributed by atoms with Crippen LogP contribution in [0.4, 0.5) is 5.69 Å². The minimum atomic E-state index is 0.0607. The first kappa shape index (κ1) is 18.3. The lowest BCUT2D eigenvalue weighted by molar-refractivity contribution is -0.116. The molecule has 0 radical (unpaired) electrons. The predicted octanol–water partition coefficient (Wildman–Crippen LogP) is 1.95. The van der Waals surface area contributed by atoms with E-state index in [1.54, 1.807) is 7.05 Å². The second-order valence-corrected chi connectivity index (χ2v) is 6.39. The Labute approximate surface area is 144 Å². The number of para-hydroxylation sites is 1. The fourth-order valence-electron chi connectivity index (χ4n) is 2.69. The van der Waals surface area contributed by atoms with Crippen molar-refractivity contribution in [2.45, 2.75) is 26.2 Å². The van der Waals surface area contributed by atoms with Crippen LogP contribution in [0.1, 0.15) is 31.7 Å². The number of carbonyl (C=O) groups is 1. The van der Waals surface area contributed by atoms with Gasteiger partial charge in [0, 0.05) is 44.8 Å². The Bertz CT molecular complexity index is 572. The Hall–Kier alpha value is -2.08. The Morgan fingerprint density at radius 1 is 1.38 bits per heavy atom. The van der Waals surface area contributed by atoms with E-state index in [0.29, 0.717) is 32.0 Å². The molecular formula is C18H28N4O2. The first-order chi connectivity index (χ1) is 11.6. The van der Waals surface area contributed by atoms with Crippen molar-refractivity contribution in [2.75, 3.05) is 38.7 Å². The second kappa shape index (κ2) is 9.27. The van der Waals surface area contributed by atoms with E-state index in [1.807, 2.05) is 18.2 Å². The molecule has 1 aliphatic rings. The summed E-state index contributed by atoms with van der Waals surface area (Å²) < 4.78 is 5.55. The maximum atomic E-state index is 11.8. The van der Waals surface area contributed by atoms with Gasteiger partial charge >= 0.3 is 0 Å². The molecule has 6 heteroatoms. The van der Waals surface area contributed by atoms with Gasteiger partial charge < -0.3 is 20.7 Å². The SMILES string of the molecule is CN=C(NCCOCC(C)C)NCC1CC(=O)Nc2ccccc21. The summed E-state index contributed by atoms with van der Waals surface area (Å²) in [5.41, 5.74) is 2.07. The summed E-state index contributed by atoms with van der Waals surface area (Å²) in [4.78, 5) is 16.1. The number of hydrogen-bond donors (Lipinski definition) is 3. The van der Waals surface area contributed by atoms with Crippen molar-refractivity contribution in [1.29, 1.82) is 0 Å². The molecule has 0 fully saturated rings. The number of guanidine groups is 1. The van der Waals surface area contributed by atoms with Gasteiger partial charge in [-0.3, -0.25) is 9.79 Å². The van der Waals surface area contributed by atoms with Gasteiger partial charge in [0.05, 0.1) is 6.61 Å². The zero-order valence-corrected chi connectivity index (χ0v) is 14.8. The highest BCUT2D eigenvalue weighted by Crippen LogP contribution is 2.31. The number of nitrogens with zero attached hydrogens (tertiary/aromatic N) is 1. The highest BCUT2D eigenvalue weighted by atomic mass is 16.5. The minimum absolute atomic E-state index is 0.0607. The van der Waals surface area contributed by atoms with Gasteiger partial charge in [0.15, 0.2) is 5.96 Å². The third-order valence-corrected chi connectivity index (χ3v) is 3.84. The lowest BCUT2D eigenvalue weighted by Gasteiger charge is -2.26. The van der Waals surface area contributed by atoms with Crippen molar-refractivity contribution in [1.82, 2.24) is 10.6 Å². The molecule has 0 saturated carbocycles. The Morgan fingerprint density at radius 3 is 2.92 bits per heavy atom. The van der Waals surface area contributed by atoms with E-state index in [2.05, 4.69) is 40.9 Å². The fraction of sp³-hybridized carbons (Fsp3) is 0.556. The summed E-state index contributed by atoms with van der Waals surface area (Å²) in [7, 11) is 1.74. The quantitative estimate of drug-likeness (QED) is 0.405. The van der Waals surface area contributed by atoms with Crippen LogP contribution in [-0.2, 0) is 9.53 Å². The first-order valence-corrected chi connectivity index (χ1v) is 8.51. The molecule has 1 aromatic carbocycles. The molecule has 132 valence electrons. The molecule has 0 bridgehead atoms. The molecule has 1 unspecified atom stereocenters. The van der Waals surface area contributed by atoms with Crippen LogP contribution in [0.5, 0.6) is 0 Å². The number of hydrogen-bond acceptors (Lipinski definition) is 3. The average molecular weight is 332 g/mol. The van der Waals surface area contributed by atoms with Gasteiger partial charge in [-0.2, -0.15) is 0 Å². The van der Waals surface area contributed by atoms with Crippen LogP contribution in [-0.4, -0.2) is 45.2 Å². The summed E-state index contributed by atoms with van der Waals surface area (Å²) in [6, 6.07) is 7.95. The molecular weight excluding hydrogens is 304 g/mol. The van der Waals surface area contributed by atoms with Crippen LogP contribution in [0.3, 0.4) is 0 Å². The van der Waals surface area contributed by atoms with E-state index in [-0.39, 0.29) is 11.8 Å². The van der Waals surface area contributed by atoms with Crippen LogP contribution >= 0.6 is 0 Å². The Morgan fingerprint density at radius 2 is 2.17 bits per heavy atom. The highest BCUT2D eigenvalue weighted by molar-refractivity contribution is 5.94. The first-order valence-electron chi connectivity index (χ1n) is 8.51. The molecule has 1 atom stereocenters. The average Bonchev–Trinajstić information content (AvgIpc) is 2.56.